The van der Waals surface area contributed by atoms with Crippen molar-refractivity contribution in [1.29, 1.82) is 0 Å². The van der Waals surface area contributed by atoms with Crippen LogP contribution in [-0.4, -0.2) is 6.04 Å². The molecule has 2 unspecified atom stereocenters. The zero-order chi connectivity index (χ0) is 7.98. The molecular weight excluding hydrogens is 122 g/mol. The van der Waals surface area contributed by atoms with Gasteiger partial charge in [-0.1, -0.05) is 27.2 Å². The molecule has 1 rings (SSSR count). The van der Waals surface area contributed by atoms with Gasteiger partial charge >= 0.3 is 0 Å². The van der Waals surface area contributed by atoms with Crippen LogP contribution < -0.4 is 5.73 Å². The summed E-state index contributed by atoms with van der Waals surface area (Å²) in [6, 6.07) is 0.528. The molecule has 1 aliphatic carbocycles. The summed E-state index contributed by atoms with van der Waals surface area (Å²) in [7, 11) is 0. The molecule has 0 radical (unpaired) electrons. The van der Waals surface area contributed by atoms with Gasteiger partial charge in [-0.25, -0.2) is 0 Å². The maximum Gasteiger partial charge on any atom is 0.00415 e. The molecule has 0 aliphatic heterocycles. The Hall–Kier alpha value is -0.0400. The van der Waals surface area contributed by atoms with Crippen LogP contribution in [0, 0.1) is 5.92 Å². The van der Waals surface area contributed by atoms with E-state index in [2.05, 4.69) is 6.92 Å². The summed E-state index contributed by atoms with van der Waals surface area (Å²) in [5, 5.41) is 0. The molecule has 0 amide bonds. The van der Waals surface area contributed by atoms with E-state index >= 15 is 0 Å². The summed E-state index contributed by atoms with van der Waals surface area (Å²) in [6.45, 7) is 6.25. The van der Waals surface area contributed by atoms with Gasteiger partial charge in [-0.2, -0.15) is 0 Å². The van der Waals surface area contributed by atoms with Gasteiger partial charge < -0.3 is 5.73 Å². The first kappa shape index (κ1) is 9.96. The van der Waals surface area contributed by atoms with Crippen LogP contribution in [-0.2, 0) is 0 Å². The Labute approximate surface area is 65.0 Å². The van der Waals surface area contributed by atoms with Gasteiger partial charge in [-0.15, -0.1) is 0 Å². The van der Waals surface area contributed by atoms with Crippen LogP contribution in [0.2, 0.25) is 0 Å². The molecule has 2 atom stereocenters. The molecule has 1 aliphatic rings. The second-order valence-corrected chi connectivity index (χ2v) is 2.85. The zero-order valence-electron chi connectivity index (χ0n) is 7.56. The highest BCUT2D eigenvalue weighted by Gasteiger charge is 2.19. The van der Waals surface area contributed by atoms with Gasteiger partial charge in [-0.05, 0) is 25.2 Å². The Kier molecular flexibility index (Phi) is 5.70. The molecule has 0 bridgehead atoms. The van der Waals surface area contributed by atoms with Crippen molar-refractivity contribution in [2.45, 2.75) is 52.5 Å². The minimum atomic E-state index is 0.528. The fraction of sp³-hybridized carbons (Fsp3) is 1.00. The molecule has 0 saturated heterocycles. The van der Waals surface area contributed by atoms with Crippen molar-refractivity contribution in [3.05, 3.63) is 0 Å². The summed E-state index contributed by atoms with van der Waals surface area (Å²) >= 11 is 0. The van der Waals surface area contributed by atoms with Gasteiger partial charge in [-0.3, -0.25) is 0 Å². The van der Waals surface area contributed by atoms with Gasteiger partial charge in [0.25, 0.3) is 0 Å². The monoisotopic (exact) mass is 143 g/mol. The summed E-state index contributed by atoms with van der Waals surface area (Å²) in [6.07, 6.45) is 5.24. The van der Waals surface area contributed by atoms with E-state index in [0.717, 1.165) is 5.92 Å². The third-order valence-electron chi connectivity index (χ3n) is 2.16. The lowest BCUT2D eigenvalue weighted by atomic mass is 10.1. The smallest absolute Gasteiger partial charge is 0.00415 e. The van der Waals surface area contributed by atoms with Crippen molar-refractivity contribution in [2.75, 3.05) is 0 Å². The molecule has 0 aromatic heterocycles. The van der Waals surface area contributed by atoms with Crippen LogP contribution in [0.1, 0.15) is 46.5 Å². The Morgan fingerprint density at radius 2 is 1.90 bits per heavy atom. The van der Waals surface area contributed by atoms with E-state index in [1.165, 1.54) is 25.7 Å². The van der Waals surface area contributed by atoms with Crippen LogP contribution in [0.4, 0.5) is 0 Å². The molecule has 1 fully saturated rings. The van der Waals surface area contributed by atoms with E-state index in [0.29, 0.717) is 6.04 Å². The highest BCUT2D eigenvalue weighted by atomic mass is 14.6. The average molecular weight is 143 g/mol. The normalized spacial score (nSPS) is 31.2. The summed E-state index contributed by atoms with van der Waals surface area (Å²) in [5.74, 6) is 0.949. The van der Waals surface area contributed by atoms with E-state index in [1.807, 2.05) is 13.8 Å². The number of hydrogen-bond acceptors (Lipinski definition) is 1. The van der Waals surface area contributed by atoms with Crippen molar-refractivity contribution >= 4 is 0 Å². The fourth-order valence-corrected chi connectivity index (χ4v) is 1.48. The highest BCUT2D eigenvalue weighted by Crippen LogP contribution is 2.25. The average Bonchev–Trinajstić information content (AvgIpc) is 2.40. The second-order valence-electron chi connectivity index (χ2n) is 2.85. The maximum atomic E-state index is 5.70. The van der Waals surface area contributed by atoms with Crippen molar-refractivity contribution < 1.29 is 0 Å². The number of rotatable bonds is 1. The lowest BCUT2D eigenvalue weighted by Gasteiger charge is -2.02. The molecule has 1 heteroatoms. The Balaban J connectivity index is 0.000000371. The fourth-order valence-electron chi connectivity index (χ4n) is 1.48. The van der Waals surface area contributed by atoms with Gasteiger partial charge in [0, 0.05) is 6.04 Å². The Morgan fingerprint density at radius 3 is 2.10 bits per heavy atom. The Morgan fingerprint density at radius 1 is 1.30 bits per heavy atom. The largest absolute Gasteiger partial charge is 0.328 e. The van der Waals surface area contributed by atoms with E-state index < -0.39 is 0 Å². The van der Waals surface area contributed by atoms with Crippen LogP contribution >= 0.6 is 0 Å². The van der Waals surface area contributed by atoms with Crippen LogP contribution in [0.25, 0.3) is 0 Å². The Bertz CT molecular complexity index is 71.1. The zero-order valence-corrected chi connectivity index (χ0v) is 7.56. The van der Waals surface area contributed by atoms with Gasteiger partial charge in [0.15, 0.2) is 0 Å². The first-order valence-corrected chi connectivity index (χ1v) is 4.58. The lowest BCUT2D eigenvalue weighted by Crippen LogP contribution is -2.14. The molecular formula is C9H21N. The second kappa shape index (κ2) is 5.72. The van der Waals surface area contributed by atoms with Gasteiger partial charge in [0.2, 0.25) is 0 Å². The van der Waals surface area contributed by atoms with Crippen LogP contribution in [0.5, 0.6) is 0 Å². The lowest BCUT2D eigenvalue weighted by molar-refractivity contribution is 0.520. The highest BCUT2D eigenvalue weighted by molar-refractivity contribution is 4.76. The summed E-state index contributed by atoms with van der Waals surface area (Å²) in [4.78, 5) is 0. The minimum Gasteiger partial charge on any atom is -0.328 e. The number of hydrogen-bond donors (Lipinski definition) is 1. The first-order valence-electron chi connectivity index (χ1n) is 4.58. The molecule has 0 heterocycles. The van der Waals surface area contributed by atoms with Crippen molar-refractivity contribution in [3.63, 3.8) is 0 Å². The predicted molar refractivity (Wildman–Crippen MR) is 47.0 cm³/mol. The predicted octanol–water partition coefficient (Wildman–Crippen LogP) is 2.55. The van der Waals surface area contributed by atoms with E-state index in [9.17, 15) is 0 Å². The molecule has 2 N–H and O–H groups in total. The van der Waals surface area contributed by atoms with Crippen LogP contribution in [0.3, 0.4) is 0 Å². The summed E-state index contributed by atoms with van der Waals surface area (Å²) in [5.41, 5.74) is 5.70. The molecule has 10 heavy (non-hydrogen) atoms. The minimum absolute atomic E-state index is 0.528. The summed E-state index contributed by atoms with van der Waals surface area (Å²) < 4.78 is 0. The van der Waals surface area contributed by atoms with E-state index in [4.69, 9.17) is 5.73 Å². The number of nitrogens with two attached hydrogens (primary N) is 1. The quantitative estimate of drug-likeness (QED) is 0.600. The topological polar surface area (TPSA) is 26.0 Å². The maximum absolute atomic E-state index is 5.70. The SMILES string of the molecule is CC.CCC1CCC(N)C1. The van der Waals surface area contributed by atoms with E-state index in [-0.39, 0.29) is 0 Å². The van der Waals surface area contributed by atoms with Gasteiger partial charge in [0.1, 0.15) is 0 Å². The van der Waals surface area contributed by atoms with Crippen molar-refractivity contribution in [1.82, 2.24) is 0 Å². The van der Waals surface area contributed by atoms with Crippen molar-refractivity contribution in [2.24, 2.45) is 11.7 Å². The third-order valence-corrected chi connectivity index (χ3v) is 2.16. The molecule has 1 nitrogen and oxygen atoms in total. The molecule has 1 saturated carbocycles. The molecule has 0 aromatic carbocycles. The third kappa shape index (κ3) is 3.21. The standard InChI is InChI=1S/C7H15N.C2H6/c1-2-6-3-4-7(8)5-6;1-2/h6-7H,2-5,8H2,1H3;1-2H3. The molecule has 62 valence electrons. The molecule has 0 aromatic rings. The van der Waals surface area contributed by atoms with Crippen LogP contribution in [0.15, 0.2) is 0 Å². The van der Waals surface area contributed by atoms with Crippen molar-refractivity contribution in [3.8, 4) is 0 Å². The molecule has 0 spiro atoms. The van der Waals surface area contributed by atoms with E-state index in [1.54, 1.807) is 0 Å². The van der Waals surface area contributed by atoms with Gasteiger partial charge in [0.05, 0.1) is 0 Å². The first-order chi connectivity index (χ1) is 4.83.